The highest BCUT2D eigenvalue weighted by Gasteiger charge is 1.89. The highest BCUT2D eigenvalue weighted by molar-refractivity contribution is 5.23. The SMILES string of the molecule is CNCC1=CCC=CCC=C1. The van der Waals surface area contributed by atoms with Crippen molar-refractivity contribution < 1.29 is 0 Å². The maximum atomic E-state index is 3.14. The van der Waals surface area contributed by atoms with E-state index >= 15 is 0 Å². The molecule has 0 unspecified atom stereocenters. The van der Waals surface area contributed by atoms with Crippen LogP contribution in [0.15, 0.2) is 36.0 Å². The highest BCUT2D eigenvalue weighted by atomic mass is 14.8. The summed E-state index contributed by atoms with van der Waals surface area (Å²) >= 11 is 0. The van der Waals surface area contributed by atoms with Crippen LogP contribution in [0.5, 0.6) is 0 Å². The van der Waals surface area contributed by atoms with Gasteiger partial charge in [-0.25, -0.2) is 0 Å². The van der Waals surface area contributed by atoms with Gasteiger partial charge in [-0.3, -0.25) is 0 Å². The molecule has 1 N–H and O–H groups in total. The molecule has 1 nitrogen and oxygen atoms in total. The molecule has 11 heavy (non-hydrogen) atoms. The van der Waals surface area contributed by atoms with Gasteiger partial charge in [0.25, 0.3) is 0 Å². The molecule has 0 heterocycles. The van der Waals surface area contributed by atoms with Gasteiger partial charge < -0.3 is 5.32 Å². The Morgan fingerprint density at radius 1 is 1.27 bits per heavy atom. The third-order valence-corrected chi connectivity index (χ3v) is 1.67. The number of rotatable bonds is 2. The van der Waals surface area contributed by atoms with Gasteiger partial charge in [-0.05, 0) is 25.5 Å². The Hall–Kier alpha value is -0.820. The number of allylic oxidation sites excluding steroid dienone is 4. The third kappa shape index (κ3) is 3.19. The minimum atomic E-state index is 0.977. The molecule has 0 bridgehead atoms. The van der Waals surface area contributed by atoms with Gasteiger partial charge in [0.2, 0.25) is 0 Å². The minimum absolute atomic E-state index is 0.977. The Labute approximate surface area is 68.5 Å². The van der Waals surface area contributed by atoms with Gasteiger partial charge in [0.05, 0.1) is 0 Å². The normalized spacial score (nSPS) is 17.4. The molecule has 1 heteroatoms. The second-order valence-corrected chi connectivity index (χ2v) is 2.65. The van der Waals surface area contributed by atoms with Crippen molar-refractivity contribution in [3.8, 4) is 0 Å². The van der Waals surface area contributed by atoms with Crippen molar-refractivity contribution in [3.63, 3.8) is 0 Å². The van der Waals surface area contributed by atoms with Crippen LogP contribution in [0.2, 0.25) is 0 Å². The monoisotopic (exact) mass is 149 g/mol. The van der Waals surface area contributed by atoms with Gasteiger partial charge in [-0.2, -0.15) is 0 Å². The van der Waals surface area contributed by atoms with E-state index in [1.807, 2.05) is 7.05 Å². The number of nitrogens with one attached hydrogen (secondary N) is 1. The lowest BCUT2D eigenvalue weighted by molar-refractivity contribution is 0.890. The van der Waals surface area contributed by atoms with Gasteiger partial charge in [0.15, 0.2) is 0 Å². The second-order valence-electron chi connectivity index (χ2n) is 2.65. The van der Waals surface area contributed by atoms with E-state index in [2.05, 4.69) is 35.7 Å². The maximum Gasteiger partial charge on any atom is 0.0199 e. The van der Waals surface area contributed by atoms with Gasteiger partial charge in [-0.15, -0.1) is 0 Å². The molecular formula is C10H15N. The molecule has 0 amide bonds. The molecule has 1 aliphatic rings. The van der Waals surface area contributed by atoms with Crippen molar-refractivity contribution in [2.24, 2.45) is 0 Å². The number of likely N-dealkylation sites (N-methyl/N-ethyl adjacent to an activating group) is 1. The zero-order chi connectivity index (χ0) is 7.94. The summed E-state index contributed by atoms with van der Waals surface area (Å²) in [6, 6.07) is 0. The van der Waals surface area contributed by atoms with E-state index in [0.29, 0.717) is 0 Å². The van der Waals surface area contributed by atoms with E-state index in [-0.39, 0.29) is 0 Å². The predicted molar refractivity (Wildman–Crippen MR) is 49.5 cm³/mol. The van der Waals surface area contributed by atoms with Crippen LogP contribution in [0.3, 0.4) is 0 Å². The van der Waals surface area contributed by atoms with Crippen molar-refractivity contribution in [2.75, 3.05) is 13.6 Å². The molecule has 0 radical (unpaired) electrons. The summed E-state index contributed by atoms with van der Waals surface area (Å²) in [5, 5.41) is 3.14. The molecule has 0 spiro atoms. The summed E-state index contributed by atoms with van der Waals surface area (Å²) in [5.41, 5.74) is 1.39. The standard InChI is InChI=1S/C10H15N/c1-11-9-10-7-5-3-2-4-6-8-10/h2-3,6-8,11H,4-5,9H2,1H3. The summed E-state index contributed by atoms with van der Waals surface area (Å²) in [5.74, 6) is 0. The van der Waals surface area contributed by atoms with Crippen molar-refractivity contribution in [1.82, 2.24) is 5.32 Å². The molecular weight excluding hydrogens is 134 g/mol. The molecule has 0 aliphatic heterocycles. The van der Waals surface area contributed by atoms with E-state index in [9.17, 15) is 0 Å². The summed E-state index contributed by atoms with van der Waals surface area (Å²) in [6.45, 7) is 0.977. The van der Waals surface area contributed by atoms with Gasteiger partial charge in [0, 0.05) is 6.54 Å². The molecule has 0 aromatic heterocycles. The first-order valence-electron chi connectivity index (χ1n) is 4.08. The number of hydrogen-bond donors (Lipinski definition) is 1. The number of hydrogen-bond acceptors (Lipinski definition) is 1. The minimum Gasteiger partial charge on any atom is -0.316 e. The zero-order valence-electron chi connectivity index (χ0n) is 7.01. The zero-order valence-corrected chi connectivity index (χ0v) is 7.01. The first-order valence-corrected chi connectivity index (χ1v) is 4.08. The van der Waals surface area contributed by atoms with E-state index in [4.69, 9.17) is 0 Å². The van der Waals surface area contributed by atoms with Crippen molar-refractivity contribution in [3.05, 3.63) is 36.0 Å². The quantitative estimate of drug-likeness (QED) is 0.592. The molecule has 60 valence electrons. The van der Waals surface area contributed by atoms with Crippen LogP contribution >= 0.6 is 0 Å². The second kappa shape index (κ2) is 4.91. The fourth-order valence-corrected chi connectivity index (χ4v) is 1.11. The Morgan fingerprint density at radius 3 is 2.91 bits per heavy atom. The van der Waals surface area contributed by atoms with Crippen LogP contribution in [0.1, 0.15) is 12.8 Å². The summed E-state index contributed by atoms with van der Waals surface area (Å²) < 4.78 is 0. The van der Waals surface area contributed by atoms with Gasteiger partial charge in [-0.1, -0.05) is 30.4 Å². The molecule has 0 atom stereocenters. The van der Waals surface area contributed by atoms with Crippen LogP contribution in [0, 0.1) is 0 Å². The molecule has 1 aliphatic carbocycles. The molecule has 0 saturated carbocycles. The molecule has 0 saturated heterocycles. The Kier molecular flexibility index (Phi) is 3.70. The van der Waals surface area contributed by atoms with Crippen molar-refractivity contribution >= 4 is 0 Å². The van der Waals surface area contributed by atoms with Crippen LogP contribution < -0.4 is 5.32 Å². The largest absolute Gasteiger partial charge is 0.316 e. The molecule has 0 aromatic rings. The van der Waals surface area contributed by atoms with Gasteiger partial charge in [0.1, 0.15) is 0 Å². The van der Waals surface area contributed by atoms with Crippen molar-refractivity contribution in [2.45, 2.75) is 12.8 Å². The van der Waals surface area contributed by atoms with Crippen molar-refractivity contribution in [1.29, 1.82) is 0 Å². The lowest BCUT2D eigenvalue weighted by atomic mass is 10.1. The molecule has 0 fully saturated rings. The maximum absolute atomic E-state index is 3.14. The predicted octanol–water partition coefficient (Wildman–Crippen LogP) is 2.04. The summed E-state index contributed by atoms with van der Waals surface area (Å²) in [4.78, 5) is 0. The molecule has 1 rings (SSSR count). The van der Waals surface area contributed by atoms with Crippen LogP contribution in [-0.2, 0) is 0 Å². The summed E-state index contributed by atoms with van der Waals surface area (Å²) in [6.07, 6.45) is 13.2. The summed E-state index contributed by atoms with van der Waals surface area (Å²) in [7, 11) is 1.98. The van der Waals surface area contributed by atoms with Gasteiger partial charge >= 0.3 is 0 Å². The van der Waals surface area contributed by atoms with Crippen LogP contribution in [0.4, 0.5) is 0 Å². The van der Waals surface area contributed by atoms with Crippen LogP contribution in [0.25, 0.3) is 0 Å². The molecule has 0 aromatic carbocycles. The fraction of sp³-hybridized carbons (Fsp3) is 0.400. The first kappa shape index (κ1) is 8.28. The van der Waals surface area contributed by atoms with E-state index in [1.165, 1.54) is 5.57 Å². The average Bonchev–Trinajstić information content (AvgIpc) is 1.94. The van der Waals surface area contributed by atoms with E-state index in [1.54, 1.807) is 0 Å². The Morgan fingerprint density at radius 2 is 2.09 bits per heavy atom. The first-order chi connectivity index (χ1) is 5.43. The van der Waals surface area contributed by atoms with E-state index < -0.39 is 0 Å². The highest BCUT2D eigenvalue weighted by Crippen LogP contribution is 2.03. The lowest BCUT2D eigenvalue weighted by Crippen LogP contribution is -2.09. The topological polar surface area (TPSA) is 12.0 Å². The lowest BCUT2D eigenvalue weighted by Gasteiger charge is -2.01. The fourth-order valence-electron chi connectivity index (χ4n) is 1.11. The Balaban J connectivity index is 2.54. The average molecular weight is 149 g/mol. The van der Waals surface area contributed by atoms with E-state index in [0.717, 1.165) is 19.4 Å². The Bertz CT molecular complexity index is 187. The smallest absolute Gasteiger partial charge is 0.0199 e. The van der Waals surface area contributed by atoms with Crippen LogP contribution in [-0.4, -0.2) is 13.6 Å². The third-order valence-electron chi connectivity index (χ3n) is 1.67.